The number of phenols is 1. The summed E-state index contributed by atoms with van der Waals surface area (Å²) in [6.07, 6.45) is 7.96. The van der Waals surface area contributed by atoms with Gasteiger partial charge in [0.25, 0.3) is 0 Å². The van der Waals surface area contributed by atoms with E-state index in [1.807, 2.05) is 30.3 Å². The van der Waals surface area contributed by atoms with E-state index < -0.39 is 5.60 Å². The van der Waals surface area contributed by atoms with E-state index in [2.05, 4.69) is 26.0 Å². The van der Waals surface area contributed by atoms with Gasteiger partial charge in [0.15, 0.2) is 5.78 Å². The van der Waals surface area contributed by atoms with Gasteiger partial charge >= 0.3 is 0 Å². The summed E-state index contributed by atoms with van der Waals surface area (Å²) in [5.74, 6) is 2.05. The van der Waals surface area contributed by atoms with Crippen molar-refractivity contribution in [2.45, 2.75) is 51.6 Å². The molecule has 2 unspecified atom stereocenters. The topological polar surface area (TPSA) is 55.8 Å². The minimum absolute atomic E-state index is 0.0689. The van der Waals surface area contributed by atoms with Crippen molar-refractivity contribution in [1.82, 2.24) is 0 Å². The van der Waals surface area contributed by atoms with Crippen LogP contribution in [0.4, 0.5) is 0 Å². The number of aryl methyl sites for hydroxylation is 1. The standard InChI is InChI=1S/C26H30O4/c1-17(2)19-11-13-26(14-12-19)16-20-23(29-3)15-22(28)24(25(20)30-26)21(27)10-9-18-7-5-4-6-8-18/h4-8,11,13,15,17,19,28H,9-10,12,14,16H2,1-3H3. The highest BCUT2D eigenvalue weighted by molar-refractivity contribution is 6.02. The third-order valence-corrected chi connectivity index (χ3v) is 6.49. The first-order chi connectivity index (χ1) is 14.4. The molecular weight excluding hydrogens is 376 g/mol. The number of carbonyl (C=O) groups excluding carboxylic acids is 1. The van der Waals surface area contributed by atoms with Crippen LogP contribution in [0, 0.1) is 11.8 Å². The third kappa shape index (κ3) is 3.83. The molecule has 0 aromatic heterocycles. The summed E-state index contributed by atoms with van der Waals surface area (Å²) in [6, 6.07) is 11.5. The number of rotatable bonds is 6. The molecule has 2 atom stereocenters. The minimum Gasteiger partial charge on any atom is -0.507 e. The summed E-state index contributed by atoms with van der Waals surface area (Å²) in [5, 5.41) is 10.7. The Morgan fingerprint density at radius 1 is 1.30 bits per heavy atom. The van der Waals surface area contributed by atoms with E-state index in [-0.39, 0.29) is 17.1 Å². The van der Waals surface area contributed by atoms with E-state index in [9.17, 15) is 9.90 Å². The van der Waals surface area contributed by atoms with Crippen molar-refractivity contribution < 1.29 is 19.4 Å². The third-order valence-electron chi connectivity index (χ3n) is 6.49. The van der Waals surface area contributed by atoms with Crippen molar-refractivity contribution in [1.29, 1.82) is 0 Å². The summed E-state index contributed by atoms with van der Waals surface area (Å²) >= 11 is 0. The van der Waals surface area contributed by atoms with E-state index in [4.69, 9.17) is 9.47 Å². The Morgan fingerprint density at radius 2 is 2.07 bits per heavy atom. The summed E-state index contributed by atoms with van der Waals surface area (Å²) in [6.45, 7) is 4.48. The monoisotopic (exact) mass is 406 g/mol. The molecule has 158 valence electrons. The summed E-state index contributed by atoms with van der Waals surface area (Å²) < 4.78 is 12.0. The molecule has 0 amide bonds. The number of Topliss-reactive ketones (excluding diaryl/α,β-unsaturated/α-hetero) is 1. The van der Waals surface area contributed by atoms with E-state index in [0.717, 1.165) is 24.0 Å². The number of fused-ring (bicyclic) bond motifs is 1. The van der Waals surface area contributed by atoms with Crippen LogP contribution < -0.4 is 9.47 Å². The molecule has 1 aliphatic carbocycles. The zero-order valence-electron chi connectivity index (χ0n) is 18.0. The lowest BCUT2D eigenvalue weighted by Crippen LogP contribution is -2.35. The quantitative estimate of drug-likeness (QED) is 0.507. The summed E-state index contributed by atoms with van der Waals surface area (Å²) in [4.78, 5) is 13.1. The second kappa shape index (κ2) is 8.17. The van der Waals surface area contributed by atoms with Gasteiger partial charge in [-0.3, -0.25) is 4.79 Å². The Morgan fingerprint density at radius 3 is 2.70 bits per heavy atom. The van der Waals surface area contributed by atoms with Gasteiger partial charge in [-0.15, -0.1) is 0 Å². The number of allylic oxidation sites excluding steroid dienone is 1. The van der Waals surface area contributed by atoms with Crippen molar-refractivity contribution in [3.05, 3.63) is 65.2 Å². The predicted molar refractivity (Wildman–Crippen MR) is 118 cm³/mol. The smallest absolute Gasteiger partial charge is 0.170 e. The molecule has 0 bridgehead atoms. The maximum absolute atomic E-state index is 13.1. The Bertz CT molecular complexity index is 961. The second-order valence-corrected chi connectivity index (χ2v) is 8.84. The number of hydrogen-bond donors (Lipinski definition) is 1. The van der Waals surface area contributed by atoms with Gasteiger partial charge in [0, 0.05) is 24.5 Å². The first-order valence-corrected chi connectivity index (χ1v) is 10.8. The van der Waals surface area contributed by atoms with Crippen molar-refractivity contribution in [3.63, 3.8) is 0 Å². The zero-order valence-corrected chi connectivity index (χ0v) is 18.0. The number of carbonyl (C=O) groups is 1. The van der Waals surface area contributed by atoms with Gasteiger partial charge in [0.2, 0.25) is 0 Å². The number of methoxy groups -OCH3 is 1. The summed E-state index contributed by atoms with van der Waals surface area (Å²) in [7, 11) is 1.59. The van der Waals surface area contributed by atoms with Gasteiger partial charge in [0.05, 0.1) is 7.11 Å². The van der Waals surface area contributed by atoms with Gasteiger partial charge in [-0.25, -0.2) is 0 Å². The summed E-state index contributed by atoms with van der Waals surface area (Å²) in [5.41, 5.74) is 1.82. The van der Waals surface area contributed by atoms with Gasteiger partial charge in [-0.2, -0.15) is 0 Å². The normalized spacial score (nSPS) is 22.2. The highest BCUT2D eigenvalue weighted by Crippen LogP contribution is 2.50. The minimum atomic E-state index is -0.455. The maximum atomic E-state index is 13.1. The van der Waals surface area contributed by atoms with Gasteiger partial charge in [0.1, 0.15) is 28.4 Å². The van der Waals surface area contributed by atoms with Gasteiger partial charge in [-0.1, -0.05) is 50.3 Å². The second-order valence-electron chi connectivity index (χ2n) is 8.84. The van der Waals surface area contributed by atoms with Crippen LogP contribution in [0.1, 0.15) is 54.6 Å². The molecule has 1 spiro atoms. The lowest BCUT2D eigenvalue weighted by Gasteiger charge is -2.33. The van der Waals surface area contributed by atoms with Crippen LogP contribution in [0.2, 0.25) is 0 Å². The number of hydrogen-bond acceptors (Lipinski definition) is 4. The van der Waals surface area contributed by atoms with Crippen LogP contribution >= 0.6 is 0 Å². The van der Waals surface area contributed by atoms with Crippen LogP contribution in [0.5, 0.6) is 17.2 Å². The lowest BCUT2D eigenvalue weighted by atomic mass is 9.78. The number of aromatic hydroxyl groups is 1. The van der Waals surface area contributed by atoms with Gasteiger partial charge < -0.3 is 14.6 Å². The molecule has 0 radical (unpaired) electrons. The van der Waals surface area contributed by atoms with Crippen molar-refractivity contribution >= 4 is 5.78 Å². The lowest BCUT2D eigenvalue weighted by molar-refractivity contribution is 0.0954. The van der Waals surface area contributed by atoms with Crippen LogP contribution in [0.15, 0.2) is 48.6 Å². The Hall–Kier alpha value is -2.75. The molecule has 0 saturated carbocycles. The fraction of sp³-hybridized carbons (Fsp3) is 0.423. The average molecular weight is 407 g/mol. The molecular formula is C26H30O4. The number of ketones is 1. The average Bonchev–Trinajstić information content (AvgIpc) is 3.10. The Labute approximate surface area is 178 Å². The molecule has 2 aromatic carbocycles. The molecule has 4 rings (SSSR count). The van der Waals surface area contributed by atoms with Crippen LogP contribution in [-0.2, 0) is 12.8 Å². The van der Waals surface area contributed by atoms with E-state index >= 15 is 0 Å². The van der Waals surface area contributed by atoms with Crippen LogP contribution in [0.25, 0.3) is 0 Å². The van der Waals surface area contributed by atoms with E-state index in [1.165, 1.54) is 0 Å². The number of benzene rings is 2. The van der Waals surface area contributed by atoms with Crippen molar-refractivity contribution in [3.8, 4) is 17.2 Å². The molecule has 2 aliphatic rings. The molecule has 1 N–H and O–H groups in total. The first-order valence-electron chi connectivity index (χ1n) is 10.8. The van der Waals surface area contributed by atoms with Gasteiger partial charge in [-0.05, 0) is 42.7 Å². The molecule has 0 fully saturated rings. The van der Waals surface area contributed by atoms with Crippen LogP contribution in [-0.4, -0.2) is 23.6 Å². The Balaban J connectivity index is 1.63. The fourth-order valence-electron chi connectivity index (χ4n) is 4.64. The van der Waals surface area contributed by atoms with Crippen LogP contribution in [0.3, 0.4) is 0 Å². The van der Waals surface area contributed by atoms with E-state index in [1.54, 1.807) is 13.2 Å². The zero-order chi connectivity index (χ0) is 21.3. The van der Waals surface area contributed by atoms with E-state index in [0.29, 0.717) is 42.6 Å². The highest BCUT2D eigenvalue weighted by Gasteiger charge is 2.43. The largest absolute Gasteiger partial charge is 0.507 e. The highest BCUT2D eigenvalue weighted by atomic mass is 16.5. The Kier molecular flexibility index (Phi) is 5.59. The molecule has 1 aliphatic heterocycles. The molecule has 30 heavy (non-hydrogen) atoms. The molecule has 0 saturated heterocycles. The first kappa shape index (κ1) is 20.5. The molecule has 2 aromatic rings. The SMILES string of the molecule is COc1cc(O)c(C(=O)CCc2ccccc2)c2c1CC1(C=CC(C(C)C)CC1)O2. The number of phenolic OH excluding ortho intramolecular Hbond substituents is 1. The molecule has 1 heterocycles. The maximum Gasteiger partial charge on any atom is 0.170 e. The van der Waals surface area contributed by atoms with Crippen molar-refractivity contribution in [2.75, 3.05) is 7.11 Å². The molecule has 4 heteroatoms. The van der Waals surface area contributed by atoms with Crippen molar-refractivity contribution in [2.24, 2.45) is 11.8 Å². The number of ether oxygens (including phenoxy) is 2. The predicted octanol–water partition coefficient (Wildman–Crippen LogP) is 5.51. The fourth-order valence-corrected chi connectivity index (χ4v) is 4.64. The molecule has 4 nitrogen and oxygen atoms in total.